The van der Waals surface area contributed by atoms with Crippen LogP contribution in [0.15, 0.2) is 24.3 Å². The van der Waals surface area contributed by atoms with E-state index in [0.717, 1.165) is 12.0 Å². The summed E-state index contributed by atoms with van der Waals surface area (Å²) >= 11 is 11.8. The molecular weight excluding hydrogens is 271 g/mol. The zero-order valence-corrected chi connectivity index (χ0v) is 11.6. The fraction of sp³-hybridized carbons (Fsp3) is 0.308. The van der Waals surface area contributed by atoms with Crippen molar-refractivity contribution >= 4 is 35.2 Å². The largest absolute Gasteiger partial charge is 0.349 e. The van der Waals surface area contributed by atoms with E-state index in [1.807, 2.05) is 6.92 Å². The number of hydrogen-bond acceptors (Lipinski definition) is 2. The third-order valence-corrected chi connectivity index (χ3v) is 3.06. The quantitative estimate of drug-likeness (QED) is 0.818. The van der Waals surface area contributed by atoms with E-state index in [1.165, 1.54) is 6.08 Å². The molecule has 0 fully saturated rings. The van der Waals surface area contributed by atoms with E-state index >= 15 is 0 Å². The first-order valence-corrected chi connectivity index (χ1v) is 6.46. The molecule has 5 heteroatoms. The van der Waals surface area contributed by atoms with Crippen LogP contribution in [0.3, 0.4) is 0 Å². The Bertz CT molecular complexity index is 443. The Labute approximate surface area is 117 Å². The molecule has 0 aliphatic rings. The van der Waals surface area contributed by atoms with Crippen molar-refractivity contribution in [3.8, 4) is 0 Å². The van der Waals surface area contributed by atoms with Crippen LogP contribution in [0.4, 0.5) is 0 Å². The van der Waals surface area contributed by atoms with Crippen molar-refractivity contribution in [2.75, 3.05) is 6.54 Å². The van der Waals surface area contributed by atoms with Crippen LogP contribution in [0.2, 0.25) is 10.0 Å². The van der Waals surface area contributed by atoms with Gasteiger partial charge < -0.3 is 11.1 Å². The van der Waals surface area contributed by atoms with Gasteiger partial charge in [0.25, 0.3) is 0 Å². The van der Waals surface area contributed by atoms with Crippen LogP contribution in [0, 0.1) is 0 Å². The van der Waals surface area contributed by atoms with Crippen molar-refractivity contribution in [3.05, 3.63) is 39.9 Å². The van der Waals surface area contributed by atoms with Crippen LogP contribution >= 0.6 is 23.2 Å². The summed E-state index contributed by atoms with van der Waals surface area (Å²) in [5.74, 6) is -0.182. The number of benzene rings is 1. The molecule has 0 aromatic heterocycles. The highest BCUT2D eigenvalue weighted by Crippen LogP contribution is 2.21. The molecule has 0 heterocycles. The predicted molar refractivity (Wildman–Crippen MR) is 76.8 cm³/mol. The average molecular weight is 287 g/mol. The molecule has 0 saturated carbocycles. The van der Waals surface area contributed by atoms with Gasteiger partial charge in [-0.15, -0.1) is 0 Å². The molecule has 0 radical (unpaired) electrons. The zero-order valence-electron chi connectivity index (χ0n) is 10.1. The van der Waals surface area contributed by atoms with Crippen molar-refractivity contribution in [2.24, 2.45) is 5.73 Å². The summed E-state index contributed by atoms with van der Waals surface area (Å²) in [6, 6.07) is 5.12. The maximum atomic E-state index is 11.6. The van der Waals surface area contributed by atoms with Crippen LogP contribution in [-0.4, -0.2) is 18.5 Å². The molecule has 1 rings (SSSR count). The Balaban J connectivity index is 2.66. The number of hydrogen-bond donors (Lipinski definition) is 2. The zero-order chi connectivity index (χ0) is 13.5. The van der Waals surface area contributed by atoms with Crippen molar-refractivity contribution < 1.29 is 4.79 Å². The van der Waals surface area contributed by atoms with Gasteiger partial charge in [-0.05, 0) is 30.2 Å². The summed E-state index contributed by atoms with van der Waals surface area (Å²) in [6.07, 6.45) is 3.89. The molecule has 18 heavy (non-hydrogen) atoms. The lowest BCUT2D eigenvalue weighted by Crippen LogP contribution is -2.38. The summed E-state index contributed by atoms with van der Waals surface area (Å²) in [4.78, 5) is 11.6. The van der Waals surface area contributed by atoms with Gasteiger partial charge in [0.15, 0.2) is 0 Å². The Morgan fingerprint density at radius 1 is 1.50 bits per heavy atom. The Morgan fingerprint density at radius 2 is 2.22 bits per heavy atom. The van der Waals surface area contributed by atoms with Crippen molar-refractivity contribution in [1.82, 2.24) is 5.32 Å². The molecular formula is C13H16Cl2N2O. The Morgan fingerprint density at radius 3 is 2.78 bits per heavy atom. The van der Waals surface area contributed by atoms with E-state index in [2.05, 4.69) is 5.32 Å². The van der Waals surface area contributed by atoms with Crippen molar-refractivity contribution in [3.63, 3.8) is 0 Å². The molecule has 3 N–H and O–H groups in total. The fourth-order valence-electron chi connectivity index (χ4n) is 1.38. The number of halogens is 2. The SMILES string of the molecule is CCC(CN)NC(=O)/C=C/c1ccc(Cl)cc1Cl. The van der Waals surface area contributed by atoms with Crippen LogP contribution in [-0.2, 0) is 4.79 Å². The molecule has 1 aromatic carbocycles. The van der Waals surface area contributed by atoms with E-state index in [4.69, 9.17) is 28.9 Å². The van der Waals surface area contributed by atoms with Gasteiger partial charge in [0, 0.05) is 28.7 Å². The number of carbonyl (C=O) groups excluding carboxylic acids is 1. The predicted octanol–water partition coefficient (Wildman–Crippen LogP) is 2.86. The van der Waals surface area contributed by atoms with E-state index in [9.17, 15) is 4.79 Å². The highest BCUT2D eigenvalue weighted by molar-refractivity contribution is 6.35. The molecule has 0 bridgehead atoms. The maximum absolute atomic E-state index is 11.6. The van der Waals surface area contributed by atoms with E-state index in [0.29, 0.717) is 16.6 Å². The third-order valence-electron chi connectivity index (χ3n) is 2.50. The van der Waals surface area contributed by atoms with Gasteiger partial charge in [-0.2, -0.15) is 0 Å². The first-order chi connectivity index (χ1) is 8.56. The second kappa shape index (κ2) is 7.41. The van der Waals surface area contributed by atoms with Gasteiger partial charge in [-0.3, -0.25) is 4.79 Å². The topological polar surface area (TPSA) is 55.1 Å². The van der Waals surface area contributed by atoms with Gasteiger partial charge in [0.05, 0.1) is 0 Å². The minimum Gasteiger partial charge on any atom is -0.349 e. The van der Waals surface area contributed by atoms with Gasteiger partial charge in [0.1, 0.15) is 0 Å². The first-order valence-electron chi connectivity index (χ1n) is 5.70. The molecule has 1 amide bonds. The Hall–Kier alpha value is -1.03. The molecule has 1 aromatic rings. The number of nitrogens with two attached hydrogens (primary N) is 1. The van der Waals surface area contributed by atoms with Crippen LogP contribution < -0.4 is 11.1 Å². The monoisotopic (exact) mass is 286 g/mol. The number of amides is 1. The number of rotatable bonds is 5. The maximum Gasteiger partial charge on any atom is 0.244 e. The normalized spacial score (nSPS) is 12.7. The molecule has 0 spiro atoms. The van der Waals surface area contributed by atoms with E-state index in [1.54, 1.807) is 24.3 Å². The first kappa shape index (κ1) is 15.0. The summed E-state index contributed by atoms with van der Waals surface area (Å²) in [7, 11) is 0. The second-order valence-electron chi connectivity index (χ2n) is 3.85. The second-order valence-corrected chi connectivity index (χ2v) is 4.69. The van der Waals surface area contributed by atoms with Crippen LogP contribution in [0.25, 0.3) is 6.08 Å². The van der Waals surface area contributed by atoms with Gasteiger partial charge >= 0.3 is 0 Å². The minimum atomic E-state index is -0.182. The lowest BCUT2D eigenvalue weighted by atomic mass is 10.2. The average Bonchev–Trinajstić information content (AvgIpc) is 2.35. The smallest absolute Gasteiger partial charge is 0.244 e. The number of nitrogens with one attached hydrogen (secondary N) is 1. The summed E-state index contributed by atoms with van der Waals surface area (Å²) in [5, 5.41) is 3.87. The molecule has 0 saturated heterocycles. The highest BCUT2D eigenvalue weighted by atomic mass is 35.5. The van der Waals surface area contributed by atoms with Gasteiger partial charge in [-0.1, -0.05) is 36.2 Å². The third kappa shape index (κ3) is 4.69. The minimum absolute atomic E-state index is 0.00263. The molecule has 98 valence electrons. The van der Waals surface area contributed by atoms with Crippen LogP contribution in [0.5, 0.6) is 0 Å². The highest BCUT2D eigenvalue weighted by Gasteiger charge is 2.05. The lowest BCUT2D eigenvalue weighted by molar-refractivity contribution is -0.117. The summed E-state index contributed by atoms with van der Waals surface area (Å²) in [5.41, 5.74) is 6.25. The fourth-order valence-corrected chi connectivity index (χ4v) is 1.85. The molecule has 0 aliphatic heterocycles. The van der Waals surface area contributed by atoms with Crippen LogP contribution in [0.1, 0.15) is 18.9 Å². The molecule has 3 nitrogen and oxygen atoms in total. The molecule has 1 atom stereocenters. The standard InChI is InChI=1S/C13H16Cl2N2O/c1-2-11(8-16)17-13(18)6-4-9-3-5-10(14)7-12(9)15/h3-7,11H,2,8,16H2,1H3,(H,17,18)/b6-4+. The summed E-state index contributed by atoms with van der Waals surface area (Å²) < 4.78 is 0. The molecule has 0 aliphatic carbocycles. The lowest BCUT2D eigenvalue weighted by Gasteiger charge is -2.12. The van der Waals surface area contributed by atoms with Crippen molar-refractivity contribution in [2.45, 2.75) is 19.4 Å². The van der Waals surface area contributed by atoms with E-state index in [-0.39, 0.29) is 11.9 Å². The van der Waals surface area contributed by atoms with Gasteiger partial charge in [-0.25, -0.2) is 0 Å². The summed E-state index contributed by atoms with van der Waals surface area (Å²) in [6.45, 7) is 2.40. The Kier molecular flexibility index (Phi) is 6.19. The van der Waals surface area contributed by atoms with Gasteiger partial charge in [0.2, 0.25) is 5.91 Å². The van der Waals surface area contributed by atoms with Crippen molar-refractivity contribution in [1.29, 1.82) is 0 Å². The number of carbonyl (C=O) groups is 1. The van der Waals surface area contributed by atoms with E-state index < -0.39 is 0 Å². The molecule has 1 unspecified atom stereocenters.